The molecule has 0 N–H and O–H groups in total. The van der Waals surface area contributed by atoms with Gasteiger partial charge in [-0.15, -0.1) is 0 Å². The van der Waals surface area contributed by atoms with Crippen molar-refractivity contribution in [3.05, 3.63) is 59.7 Å². The van der Waals surface area contributed by atoms with Crippen LogP contribution in [0.4, 0.5) is 0 Å². The molecule has 0 saturated heterocycles. The van der Waals surface area contributed by atoms with E-state index in [2.05, 4.69) is 0 Å². The van der Waals surface area contributed by atoms with Crippen LogP contribution in [0.3, 0.4) is 0 Å². The molecule has 0 radical (unpaired) electrons. The van der Waals surface area contributed by atoms with Crippen molar-refractivity contribution in [2.75, 3.05) is 0 Å². The average molecular weight is 224 g/mol. The molecule has 0 aliphatic carbocycles. The second-order valence-electron chi connectivity index (χ2n) is 3.77. The number of hydrogen-bond donors (Lipinski definition) is 0. The summed E-state index contributed by atoms with van der Waals surface area (Å²) in [5.41, 5.74) is 0.892. The summed E-state index contributed by atoms with van der Waals surface area (Å²) in [5.74, 6) is -0.139. The van der Waals surface area contributed by atoms with E-state index < -0.39 is 0 Å². The van der Waals surface area contributed by atoms with Crippen molar-refractivity contribution < 1.29 is 9.59 Å². The summed E-state index contributed by atoms with van der Waals surface area (Å²) in [6.45, 7) is 1.78. The molecule has 0 fully saturated rings. The molecule has 17 heavy (non-hydrogen) atoms. The molecular weight excluding hydrogens is 212 g/mol. The van der Waals surface area contributed by atoms with Crippen LogP contribution < -0.4 is 0 Å². The summed E-state index contributed by atoms with van der Waals surface area (Å²) in [6.07, 6.45) is 3.87. The molecule has 2 heteroatoms. The first-order valence-electron chi connectivity index (χ1n) is 5.41. The van der Waals surface area contributed by atoms with Gasteiger partial charge in [0.15, 0.2) is 12.1 Å². The van der Waals surface area contributed by atoms with Crippen LogP contribution in [0.1, 0.15) is 27.6 Å². The Balaban J connectivity index is 2.68. The summed E-state index contributed by atoms with van der Waals surface area (Å²) >= 11 is 0. The minimum atomic E-state index is -0.139. The minimum Gasteiger partial charge on any atom is -0.298 e. The fourth-order valence-electron chi connectivity index (χ4n) is 1.81. The zero-order chi connectivity index (χ0) is 12.3. The van der Waals surface area contributed by atoms with Crippen LogP contribution in [0.5, 0.6) is 0 Å². The fourth-order valence-corrected chi connectivity index (χ4v) is 1.81. The molecule has 0 aromatic heterocycles. The molecule has 2 aromatic rings. The van der Waals surface area contributed by atoms with Gasteiger partial charge in [-0.3, -0.25) is 9.59 Å². The first kappa shape index (κ1) is 11.3. The molecule has 2 nitrogen and oxygen atoms in total. The maximum atomic E-state index is 11.8. The molecule has 0 saturated carbocycles. The first-order valence-corrected chi connectivity index (χ1v) is 5.41. The van der Waals surface area contributed by atoms with Crippen LogP contribution >= 0.6 is 0 Å². The standard InChI is InChI=1S/C15H12O2/c1-2-5-15(17)14-9-12-7-4-3-6-11(12)8-13(14)10-16/h2-10H,1H3. The number of ketones is 1. The third-order valence-electron chi connectivity index (χ3n) is 2.63. The van der Waals surface area contributed by atoms with Crippen LogP contribution in [-0.2, 0) is 0 Å². The molecule has 0 spiro atoms. The maximum Gasteiger partial charge on any atom is 0.186 e. The Labute approximate surface area is 99.6 Å². The lowest BCUT2D eigenvalue weighted by Gasteiger charge is -2.04. The molecular formula is C15H12O2. The van der Waals surface area contributed by atoms with Crippen molar-refractivity contribution in [3.63, 3.8) is 0 Å². The fraction of sp³-hybridized carbons (Fsp3) is 0.0667. The Morgan fingerprint density at radius 2 is 1.76 bits per heavy atom. The third-order valence-corrected chi connectivity index (χ3v) is 2.63. The van der Waals surface area contributed by atoms with Gasteiger partial charge in [-0.2, -0.15) is 0 Å². The quantitative estimate of drug-likeness (QED) is 0.455. The van der Waals surface area contributed by atoms with Crippen molar-refractivity contribution in [3.8, 4) is 0 Å². The van der Waals surface area contributed by atoms with E-state index in [4.69, 9.17) is 0 Å². The van der Waals surface area contributed by atoms with Crippen molar-refractivity contribution in [1.82, 2.24) is 0 Å². The summed E-state index contributed by atoms with van der Waals surface area (Å²) in [6, 6.07) is 11.2. The highest BCUT2D eigenvalue weighted by atomic mass is 16.1. The zero-order valence-electron chi connectivity index (χ0n) is 9.51. The summed E-state index contributed by atoms with van der Waals surface area (Å²) in [4.78, 5) is 22.8. The molecule has 0 bridgehead atoms. The Kier molecular flexibility index (Phi) is 3.15. The summed E-state index contributed by atoms with van der Waals surface area (Å²) < 4.78 is 0. The monoisotopic (exact) mass is 224 g/mol. The molecule has 2 rings (SSSR count). The van der Waals surface area contributed by atoms with Crippen molar-refractivity contribution in [2.45, 2.75) is 6.92 Å². The lowest BCUT2D eigenvalue weighted by Crippen LogP contribution is -2.00. The summed E-state index contributed by atoms with van der Waals surface area (Å²) in [7, 11) is 0. The molecule has 0 amide bonds. The molecule has 2 aromatic carbocycles. The Morgan fingerprint density at radius 3 is 2.35 bits per heavy atom. The normalized spacial score (nSPS) is 10.9. The van der Waals surface area contributed by atoms with Gasteiger partial charge in [-0.25, -0.2) is 0 Å². The highest BCUT2D eigenvalue weighted by Crippen LogP contribution is 2.19. The van der Waals surface area contributed by atoms with E-state index in [9.17, 15) is 9.59 Å². The topological polar surface area (TPSA) is 34.1 Å². The number of aldehydes is 1. The van der Waals surface area contributed by atoms with Crippen LogP contribution in [0, 0.1) is 0 Å². The van der Waals surface area contributed by atoms with Crippen molar-refractivity contribution in [2.24, 2.45) is 0 Å². The van der Waals surface area contributed by atoms with E-state index in [0.29, 0.717) is 11.1 Å². The minimum absolute atomic E-state index is 0.139. The number of rotatable bonds is 3. The average Bonchev–Trinajstić information content (AvgIpc) is 2.37. The first-order chi connectivity index (χ1) is 8.26. The second-order valence-corrected chi connectivity index (χ2v) is 3.77. The molecule has 0 heterocycles. The zero-order valence-corrected chi connectivity index (χ0v) is 9.51. The number of carbonyl (C=O) groups is 2. The highest BCUT2D eigenvalue weighted by molar-refractivity contribution is 6.11. The van der Waals surface area contributed by atoms with Crippen LogP contribution in [0.2, 0.25) is 0 Å². The number of carbonyl (C=O) groups excluding carboxylic acids is 2. The largest absolute Gasteiger partial charge is 0.298 e. The predicted octanol–water partition coefficient (Wildman–Crippen LogP) is 3.41. The predicted molar refractivity (Wildman–Crippen MR) is 68.5 cm³/mol. The van der Waals surface area contributed by atoms with E-state index >= 15 is 0 Å². The van der Waals surface area contributed by atoms with E-state index in [1.165, 1.54) is 6.08 Å². The van der Waals surface area contributed by atoms with E-state index in [-0.39, 0.29) is 5.78 Å². The van der Waals surface area contributed by atoms with Gasteiger partial charge in [0.1, 0.15) is 0 Å². The molecule has 84 valence electrons. The third kappa shape index (κ3) is 2.16. The van der Waals surface area contributed by atoms with Gasteiger partial charge < -0.3 is 0 Å². The smallest absolute Gasteiger partial charge is 0.186 e. The molecule has 0 atom stereocenters. The van der Waals surface area contributed by atoms with Crippen LogP contribution in [-0.4, -0.2) is 12.1 Å². The maximum absolute atomic E-state index is 11.8. The van der Waals surface area contributed by atoms with Gasteiger partial charge in [0.25, 0.3) is 0 Å². The van der Waals surface area contributed by atoms with E-state index in [0.717, 1.165) is 17.1 Å². The van der Waals surface area contributed by atoms with Crippen molar-refractivity contribution >= 4 is 22.8 Å². The number of fused-ring (bicyclic) bond motifs is 1. The lowest BCUT2D eigenvalue weighted by atomic mass is 9.98. The highest BCUT2D eigenvalue weighted by Gasteiger charge is 2.09. The van der Waals surface area contributed by atoms with Crippen LogP contribution in [0.25, 0.3) is 10.8 Å². The number of allylic oxidation sites excluding steroid dienone is 2. The van der Waals surface area contributed by atoms with Gasteiger partial charge in [0.05, 0.1) is 0 Å². The number of benzene rings is 2. The van der Waals surface area contributed by atoms with Gasteiger partial charge in [0.2, 0.25) is 0 Å². The van der Waals surface area contributed by atoms with Crippen molar-refractivity contribution in [1.29, 1.82) is 0 Å². The van der Waals surface area contributed by atoms with E-state index in [1.54, 1.807) is 25.1 Å². The Bertz CT molecular complexity index is 609. The van der Waals surface area contributed by atoms with Gasteiger partial charge >= 0.3 is 0 Å². The summed E-state index contributed by atoms with van der Waals surface area (Å²) in [5, 5.41) is 1.93. The Hall–Kier alpha value is -2.22. The molecule has 0 aliphatic heterocycles. The second kappa shape index (κ2) is 4.74. The van der Waals surface area contributed by atoms with Gasteiger partial charge in [-0.1, -0.05) is 30.3 Å². The molecule has 0 aliphatic rings. The lowest BCUT2D eigenvalue weighted by molar-refractivity contribution is 0.103. The van der Waals surface area contributed by atoms with Crippen LogP contribution in [0.15, 0.2) is 48.6 Å². The van der Waals surface area contributed by atoms with E-state index in [1.807, 2.05) is 24.3 Å². The number of hydrogen-bond acceptors (Lipinski definition) is 2. The van der Waals surface area contributed by atoms with Gasteiger partial charge in [0, 0.05) is 11.1 Å². The van der Waals surface area contributed by atoms with Gasteiger partial charge in [-0.05, 0) is 35.9 Å². The molecule has 0 unspecified atom stereocenters. The Morgan fingerprint density at radius 1 is 1.12 bits per heavy atom. The SMILES string of the molecule is CC=CC(=O)c1cc2ccccc2cc1C=O.